The van der Waals surface area contributed by atoms with E-state index in [-0.39, 0.29) is 12.1 Å². The highest BCUT2D eigenvalue weighted by atomic mass is 35.5. The Labute approximate surface area is 215 Å². The van der Waals surface area contributed by atoms with Crippen molar-refractivity contribution in [2.24, 2.45) is 0 Å². The van der Waals surface area contributed by atoms with Gasteiger partial charge in [0.1, 0.15) is 6.54 Å². The van der Waals surface area contributed by atoms with Crippen LogP contribution >= 0.6 is 23.4 Å². The zero-order valence-corrected chi connectivity index (χ0v) is 22.2. The van der Waals surface area contributed by atoms with E-state index in [4.69, 9.17) is 11.6 Å². The van der Waals surface area contributed by atoms with E-state index >= 15 is 0 Å². The minimum absolute atomic E-state index is 0.0738. The average molecular weight is 512 g/mol. The van der Waals surface area contributed by atoms with Gasteiger partial charge in [-0.1, -0.05) is 18.5 Å². The number of thioether (sulfide) groups is 1. The summed E-state index contributed by atoms with van der Waals surface area (Å²) in [5, 5.41) is 2.79. The summed E-state index contributed by atoms with van der Waals surface area (Å²) in [5.41, 5.74) is 5.07. The van der Waals surface area contributed by atoms with E-state index < -0.39 is 17.1 Å². The van der Waals surface area contributed by atoms with E-state index in [0.717, 1.165) is 40.8 Å². The van der Waals surface area contributed by atoms with Gasteiger partial charge in [-0.3, -0.25) is 19.3 Å². The van der Waals surface area contributed by atoms with E-state index in [9.17, 15) is 14.4 Å². The first-order chi connectivity index (χ1) is 16.5. The summed E-state index contributed by atoms with van der Waals surface area (Å²) in [7, 11) is 0. The summed E-state index contributed by atoms with van der Waals surface area (Å²) < 4.78 is 0. The number of nitrogens with one attached hydrogen (secondary N) is 1. The number of carbonyl (C=O) groups is 3. The molecule has 3 amide bonds. The normalized spacial score (nSPS) is 20.4. The maximum absolute atomic E-state index is 13.0. The van der Waals surface area contributed by atoms with Crippen LogP contribution in [0.5, 0.6) is 0 Å². The number of hydrogen-bond acceptors (Lipinski definition) is 5. The highest BCUT2D eigenvalue weighted by Gasteiger charge is 2.38. The molecule has 184 valence electrons. The van der Waals surface area contributed by atoms with Crippen molar-refractivity contribution in [2.75, 3.05) is 23.3 Å². The topological polar surface area (TPSA) is 69.7 Å². The number of nitrogens with zero attached hydrogens (tertiary/aromatic N) is 2. The van der Waals surface area contributed by atoms with Crippen LogP contribution in [0.2, 0.25) is 5.02 Å². The fourth-order valence-corrected chi connectivity index (χ4v) is 6.01. The van der Waals surface area contributed by atoms with Gasteiger partial charge in [-0.25, -0.2) is 0 Å². The number of carbonyl (C=O) groups excluding carboxylic acids is 3. The van der Waals surface area contributed by atoms with E-state index in [1.54, 1.807) is 30.3 Å². The van der Waals surface area contributed by atoms with Gasteiger partial charge in [0.25, 0.3) is 11.1 Å². The van der Waals surface area contributed by atoms with Crippen LogP contribution < -0.4 is 10.2 Å². The SMILES string of the molecule is CCN1c2cc(C)c(/C=C3/SC(=O)N(CC(=O)Nc4ccc(Cl)cc4)C3=O)cc2C(C)CC1(C)C. The maximum Gasteiger partial charge on any atom is 0.294 e. The summed E-state index contributed by atoms with van der Waals surface area (Å²) in [4.78, 5) is 41.8. The summed E-state index contributed by atoms with van der Waals surface area (Å²) in [6, 6.07) is 11.0. The number of aryl methyl sites for hydroxylation is 1. The number of imide groups is 1. The number of rotatable bonds is 5. The van der Waals surface area contributed by atoms with Gasteiger partial charge in [-0.15, -0.1) is 0 Å². The Kier molecular flexibility index (Phi) is 7.02. The fraction of sp³-hybridized carbons (Fsp3) is 0.370. The van der Waals surface area contributed by atoms with Crippen LogP contribution in [0, 0.1) is 6.92 Å². The van der Waals surface area contributed by atoms with E-state index in [1.165, 1.54) is 11.3 Å². The van der Waals surface area contributed by atoms with Crippen LogP contribution in [-0.2, 0) is 9.59 Å². The summed E-state index contributed by atoms with van der Waals surface area (Å²) in [6.45, 7) is 11.6. The van der Waals surface area contributed by atoms with Gasteiger partial charge in [0.05, 0.1) is 4.91 Å². The minimum Gasteiger partial charge on any atom is -0.366 e. The van der Waals surface area contributed by atoms with Crippen LogP contribution in [0.4, 0.5) is 16.2 Å². The third-order valence-electron chi connectivity index (χ3n) is 6.68. The highest BCUT2D eigenvalue weighted by molar-refractivity contribution is 8.18. The Hall–Kier alpha value is -2.77. The lowest BCUT2D eigenvalue weighted by Gasteiger charge is -2.47. The third-order valence-corrected chi connectivity index (χ3v) is 7.84. The summed E-state index contributed by atoms with van der Waals surface area (Å²) >= 11 is 6.74. The van der Waals surface area contributed by atoms with Gasteiger partial charge in [-0.05, 0) is 111 Å². The Balaban J connectivity index is 1.55. The van der Waals surface area contributed by atoms with E-state index in [1.807, 2.05) is 6.92 Å². The molecule has 1 fully saturated rings. The zero-order chi connectivity index (χ0) is 25.5. The lowest BCUT2D eigenvalue weighted by atomic mass is 9.79. The molecule has 0 radical (unpaired) electrons. The maximum atomic E-state index is 13.0. The van der Waals surface area contributed by atoms with Crippen molar-refractivity contribution in [1.82, 2.24) is 4.90 Å². The lowest BCUT2D eigenvalue weighted by Crippen LogP contribution is -2.48. The Bertz CT molecular complexity index is 1220. The van der Waals surface area contributed by atoms with Gasteiger partial charge in [0, 0.05) is 28.5 Å². The highest BCUT2D eigenvalue weighted by Crippen LogP contribution is 2.45. The van der Waals surface area contributed by atoms with Gasteiger partial charge in [-0.2, -0.15) is 0 Å². The van der Waals surface area contributed by atoms with Crippen molar-refractivity contribution in [2.45, 2.75) is 52.5 Å². The van der Waals surface area contributed by atoms with Crippen LogP contribution in [0.25, 0.3) is 6.08 Å². The van der Waals surface area contributed by atoms with E-state index in [0.29, 0.717) is 21.5 Å². The van der Waals surface area contributed by atoms with Crippen molar-refractivity contribution < 1.29 is 14.4 Å². The Morgan fingerprint density at radius 1 is 1.23 bits per heavy atom. The van der Waals surface area contributed by atoms with Crippen LogP contribution in [-0.4, -0.2) is 40.6 Å². The molecule has 1 unspecified atom stereocenters. The van der Waals surface area contributed by atoms with E-state index in [2.05, 4.69) is 50.0 Å². The number of anilines is 2. The predicted octanol–water partition coefficient (Wildman–Crippen LogP) is 6.44. The first-order valence-electron chi connectivity index (χ1n) is 11.7. The number of halogens is 1. The molecule has 0 aliphatic carbocycles. The Morgan fingerprint density at radius 2 is 1.91 bits per heavy atom. The molecule has 2 aliphatic rings. The zero-order valence-electron chi connectivity index (χ0n) is 20.6. The quantitative estimate of drug-likeness (QED) is 0.468. The van der Waals surface area contributed by atoms with Crippen molar-refractivity contribution >= 4 is 57.9 Å². The molecular weight excluding hydrogens is 482 g/mol. The van der Waals surface area contributed by atoms with Crippen molar-refractivity contribution in [3.05, 3.63) is 63.0 Å². The molecule has 1 atom stereocenters. The second kappa shape index (κ2) is 9.70. The fourth-order valence-electron chi connectivity index (χ4n) is 5.06. The van der Waals surface area contributed by atoms with Crippen LogP contribution in [0.3, 0.4) is 0 Å². The van der Waals surface area contributed by atoms with Crippen LogP contribution in [0.15, 0.2) is 41.3 Å². The van der Waals surface area contributed by atoms with Gasteiger partial charge >= 0.3 is 0 Å². The van der Waals surface area contributed by atoms with Crippen molar-refractivity contribution in [1.29, 1.82) is 0 Å². The molecule has 4 rings (SSSR count). The molecule has 2 heterocycles. The molecule has 1 N–H and O–H groups in total. The molecule has 2 aromatic rings. The molecule has 2 aromatic carbocycles. The molecule has 35 heavy (non-hydrogen) atoms. The molecule has 0 aromatic heterocycles. The monoisotopic (exact) mass is 511 g/mol. The first kappa shape index (κ1) is 25.3. The largest absolute Gasteiger partial charge is 0.366 e. The van der Waals surface area contributed by atoms with Gasteiger partial charge in [0.15, 0.2) is 0 Å². The molecule has 8 heteroatoms. The number of hydrogen-bond donors (Lipinski definition) is 1. The second-order valence-electron chi connectivity index (χ2n) is 9.75. The molecule has 6 nitrogen and oxygen atoms in total. The minimum atomic E-state index is -0.451. The first-order valence-corrected chi connectivity index (χ1v) is 12.9. The van der Waals surface area contributed by atoms with Gasteiger partial charge < -0.3 is 10.2 Å². The molecule has 1 saturated heterocycles. The lowest BCUT2D eigenvalue weighted by molar-refractivity contribution is -0.127. The molecule has 2 aliphatic heterocycles. The van der Waals surface area contributed by atoms with Crippen molar-refractivity contribution in [3.8, 4) is 0 Å². The average Bonchev–Trinajstić information content (AvgIpc) is 3.03. The molecule has 0 spiro atoms. The number of fused-ring (bicyclic) bond motifs is 1. The molecule has 0 bridgehead atoms. The predicted molar refractivity (Wildman–Crippen MR) is 144 cm³/mol. The summed E-state index contributed by atoms with van der Waals surface area (Å²) in [5.74, 6) is -0.521. The summed E-state index contributed by atoms with van der Waals surface area (Å²) in [6.07, 6.45) is 2.82. The third kappa shape index (κ3) is 5.11. The second-order valence-corrected chi connectivity index (χ2v) is 11.2. The smallest absolute Gasteiger partial charge is 0.294 e. The molecule has 0 saturated carbocycles. The van der Waals surface area contributed by atoms with Crippen LogP contribution in [0.1, 0.15) is 56.7 Å². The van der Waals surface area contributed by atoms with Gasteiger partial charge in [0.2, 0.25) is 5.91 Å². The number of benzene rings is 2. The standard InChI is InChI=1S/C27H30ClN3O3S/c1-6-31-22-11-16(2)18(12-21(22)17(3)14-27(31,4)5)13-23-25(33)30(26(34)35-23)15-24(32)29-20-9-7-19(28)8-10-20/h7-13,17H,6,14-15H2,1-5H3,(H,29,32)/b23-13+. The van der Waals surface area contributed by atoms with Crippen molar-refractivity contribution in [3.63, 3.8) is 0 Å². The molecular formula is C27H30ClN3O3S. The Morgan fingerprint density at radius 3 is 2.57 bits per heavy atom. The number of amides is 3.